The molecular weight excluding hydrogens is 316 g/mol. The number of amides is 2. The highest BCUT2D eigenvalue weighted by atomic mass is 35.6. The summed E-state index contributed by atoms with van der Waals surface area (Å²) < 4.78 is 2.50. The second-order valence-corrected chi connectivity index (χ2v) is 5.70. The molecule has 0 heterocycles. The predicted octanol–water partition coefficient (Wildman–Crippen LogP) is 2.87. The molecule has 1 N–H and O–H groups in total. The van der Waals surface area contributed by atoms with E-state index in [-0.39, 0.29) is 11.5 Å². The number of hydrogen-bond donors (Lipinski definition) is 1. The van der Waals surface area contributed by atoms with Crippen LogP contribution in [0.3, 0.4) is 0 Å². The van der Waals surface area contributed by atoms with Crippen LogP contribution in [0, 0.1) is 0 Å². The summed E-state index contributed by atoms with van der Waals surface area (Å²) in [5.74, 6) is -1.11. The summed E-state index contributed by atoms with van der Waals surface area (Å²) in [5.41, 5.74) is 0.463. The number of Topliss-reactive ketones (excluding diaryl/α,β-unsaturated/α-hetero) is 1. The maximum atomic E-state index is 11.3. The van der Waals surface area contributed by atoms with Crippen molar-refractivity contribution in [2.24, 2.45) is 0 Å². The fourth-order valence-electron chi connectivity index (χ4n) is 1.05. The van der Waals surface area contributed by atoms with Crippen LogP contribution in [0.25, 0.3) is 0 Å². The number of nitrogens with one attached hydrogen (secondary N) is 1. The number of hydrogen-bond acceptors (Lipinski definition) is 4. The molecule has 0 saturated heterocycles. The van der Waals surface area contributed by atoms with E-state index in [1.54, 1.807) is 5.32 Å². The number of carbonyl (C=O) groups excluding carboxylic acids is 3. The lowest BCUT2D eigenvalue weighted by atomic mass is 10.1. The summed E-state index contributed by atoms with van der Waals surface area (Å²) in [6.07, 6.45) is -1.09. The van der Waals surface area contributed by atoms with Gasteiger partial charge in [-0.25, -0.2) is 4.79 Å². The summed E-state index contributed by atoms with van der Waals surface area (Å²) in [6.45, 7) is 1.40. The fraction of sp³-hybridized carbons (Fsp3) is 0.182. The highest BCUT2D eigenvalue weighted by Gasteiger charge is 2.32. The van der Waals surface area contributed by atoms with Crippen LogP contribution in [0.4, 0.5) is 4.79 Å². The number of imide groups is 1. The number of ether oxygens (including phenoxy) is 1. The zero-order chi connectivity index (χ0) is 14.6. The fourth-order valence-corrected chi connectivity index (χ4v) is 1.20. The highest BCUT2D eigenvalue weighted by Crippen LogP contribution is 2.25. The molecule has 8 heteroatoms. The van der Waals surface area contributed by atoms with Gasteiger partial charge in [-0.2, -0.15) is 0 Å². The number of alkyl halides is 3. The van der Waals surface area contributed by atoms with E-state index in [1.165, 1.54) is 31.2 Å². The zero-order valence-electron chi connectivity index (χ0n) is 9.58. The van der Waals surface area contributed by atoms with Gasteiger partial charge in [0.05, 0.1) is 0 Å². The Morgan fingerprint density at radius 2 is 1.63 bits per heavy atom. The predicted molar refractivity (Wildman–Crippen MR) is 70.9 cm³/mol. The van der Waals surface area contributed by atoms with Gasteiger partial charge >= 0.3 is 6.09 Å². The Balaban J connectivity index is 2.63. The molecule has 0 aliphatic rings. The van der Waals surface area contributed by atoms with Crippen molar-refractivity contribution >= 4 is 52.6 Å². The topological polar surface area (TPSA) is 72.5 Å². The van der Waals surface area contributed by atoms with E-state index in [0.29, 0.717) is 5.56 Å². The monoisotopic (exact) mass is 323 g/mol. The second kappa shape index (κ2) is 6.23. The smallest absolute Gasteiger partial charge is 0.410 e. The normalized spacial score (nSPS) is 10.7. The molecule has 0 radical (unpaired) electrons. The van der Waals surface area contributed by atoms with Crippen molar-refractivity contribution in [3.63, 3.8) is 0 Å². The van der Waals surface area contributed by atoms with Crippen LogP contribution in [0.2, 0.25) is 0 Å². The molecule has 2 amide bonds. The average molecular weight is 325 g/mol. The van der Waals surface area contributed by atoms with Crippen LogP contribution in [-0.4, -0.2) is 21.6 Å². The second-order valence-electron chi connectivity index (χ2n) is 3.42. The Bertz CT molecular complexity index is 508. The molecule has 1 aromatic carbocycles. The summed E-state index contributed by atoms with van der Waals surface area (Å²) in [6, 6.07) is 5.75. The molecule has 0 saturated carbocycles. The minimum absolute atomic E-state index is 0.123. The highest BCUT2D eigenvalue weighted by molar-refractivity contribution is 6.76. The Morgan fingerprint density at radius 3 is 2.05 bits per heavy atom. The van der Waals surface area contributed by atoms with Crippen molar-refractivity contribution in [3.05, 3.63) is 29.8 Å². The van der Waals surface area contributed by atoms with Crippen molar-refractivity contribution in [3.8, 4) is 5.75 Å². The number of ketones is 1. The van der Waals surface area contributed by atoms with Crippen molar-refractivity contribution in [2.75, 3.05) is 0 Å². The largest absolute Gasteiger partial charge is 0.419 e. The molecule has 0 atom stereocenters. The quantitative estimate of drug-likeness (QED) is 0.670. The van der Waals surface area contributed by atoms with Crippen LogP contribution in [0.15, 0.2) is 24.3 Å². The molecule has 0 aromatic heterocycles. The molecule has 0 spiro atoms. The molecule has 0 aliphatic heterocycles. The molecule has 0 bridgehead atoms. The molecule has 1 aromatic rings. The molecule has 19 heavy (non-hydrogen) atoms. The van der Waals surface area contributed by atoms with E-state index in [2.05, 4.69) is 0 Å². The summed E-state index contributed by atoms with van der Waals surface area (Å²) in [7, 11) is 0. The van der Waals surface area contributed by atoms with Crippen LogP contribution >= 0.6 is 34.8 Å². The standard InChI is InChI=1S/C11H8Cl3NO4/c1-6(16)7-2-4-8(5-3-7)19-10(18)15-9(17)11(12,13)14/h2-5H,1H3,(H,15,17,18). The van der Waals surface area contributed by atoms with Gasteiger partial charge in [0.15, 0.2) is 5.78 Å². The maximum absolute atomic E-state index is 11.3. The summed E-state index contributed by atoms with van der Waals surface area (Å²) in [5, 5.41) is 1.74. The molecule has 0 aliphatic carbocycles. The van der Waals surface area contributed by atoms with E-state index >= 15 is 0 Å². The van der Waals surface area contributed by atoms with Crippen LogP contribution < -0.4 is 10.1 Å². The van der Waals surface area contributed by atoms with E-state index in [4.69, 9.17) is 39.5 Å². The Labute approximate surface area is 123 Å². The molecule has 5 nitrogen and oxygen atoms in total. The van der Waals surface area contributed by atoms with Crippen LogP contribution in [-0.2, 0) is 4.79 Å². The Morgan fingerprint density at radius 1 is 1.11 bits per heavy atom. The first-order valence-corrected chi connectivity index (χ1v) is 6.04. The number of carbonyl (C=O) groups is 3. The third kappa shape index (κ3) is 5.06. The van der Waals surface area contributed by atoms with Gasteiger partial charge in [0.2, 0.25) is 0 Å². The van der Waals surface area contributed by atoms with Crippen molar-refractivity contribution < 1.29 is 19.1 Å². The van der Waals surface area contributed by atoms with E-state index in [1.807, 2.05) is 0 Å². The molecule has 1 rings (SSSR count). The molecule has 0 fully saturated rings. The lowest BCUT2D eigenvalue weighted by Gasteiger charge is -2.10. The number of halogens is 3. The molecule has 0 unspecified atom stereocenters. The van der Waals surface area contributed by atoms with Crippen molar-refractivity contribution in [1.29, 1.82) is 0 Å². The first kappa shape index (κ1) is 15.8. The minimum atomic E-state index is -2.25. The third-order valence-electron chi connectivity index (χ3n) is 1.94. The number of benzene rings is 1. The van der Waals surface area contributed by atoms with Gasteiger partial charge in [0, 0.05) is 5.56 Å². The van der Waals surface area contributed by atoms with Gasteiger partial charge in [0.1, 0.15) is 5.75 Å². The van der Waals surface area contributed by atoms with Crippen LogP contribution in [0.1, 0.15) is 17.3 Å². The van der Waals surface area contributed by atoms with Gasteiger partial charge in [0.25, 0.3) is 9.70 Å². The van der Waals surface area contributed by atoms with Gasteiger partial charge in [-0.3, -0.25) is 14.9 Å². The first-order chi connectivity index (χ1) is 8.70. The SMILES string of the molecule is CC(=O)c1ccc(OC(=O)NC(=O)C(Cl)(Cl)Cl)cc1. The Hall–Kier alpha value is -1.30. The van der Waals surface area contributed by atoms with E-state index < -0.39 is 15.8 Å². The van der Waals surface area contributed by atoms with Gasteiger partial charge in [-0.05, 0) is 31.2 Å². The minimum Gasteiger partial charge on any atom is -0.410 e. The lowest BCUT2D eigenvalue weighted by Crippen LogP contribution is -2.40. The van der Waals surface area contributed by atoms with Crippen molar-refractivity contribution in [1.82, 2.24) is 5.32 Å². The molecule has 102 valence electrons. The third-order valence-corrected chi connectivity index (χ3v) is 2.46. The van der Waals surface area contributed by atoms with Gasteiger partial charge < -0.3 is 4.74 Å². The summed E-state index contributed by atoms with van der Waals surface area (Å²) in [4.78, 5) is 33.5. The maximum Gasteiger partial charge on any atom is 0.419 e. The van der Waals surface area contributed by atoms with E-state index in [0.717, 1.165) is 0 Å². The Kier molecular flexibility index (Phi) is 5.17. The van der Waals surface area contributed by atoms with Gasteiger partial charge in [-0.1, -0.05) is 34.8 Å². The van der Waals surface area contributed by atoms with E-state index in [9.17, 15) is 14.4 Å². The summed E-state index contributed by atoms with van der Waals surface area (Å²) >= 11 is 15.8. The number of rotatable bonds is 2. The molecular formula is C11H8Cl3NO4. The first-order valence-electron chi connectivity index (χ1n) is 4.91. The van der Waals surface area contributed by atoms with Gasteiger partial charge in [-0.15, -0.1) is 0 Å². The zero-order valence-corrected chi connectivity index (χ0v) is 11.8. The average Bonchev–Trinajstić information content (AvgIpc) is 2.28. The lowest BCUT2D eigenvalue weighted by molar-refractivity contribution is -0.119. The van der Waals surface area contributed by atoms with Crippen molar-refractivity contribution in [2.45, 2.75) is 10.7 Å². The van der Waals surface area contributed by atoms with Crippen LogP contribution in [0.5, 0.6) is 5.75 Å².